The topological polar surface area (TPSA) is 75.4 Å². The second-order valence-electron chi connectivity index (χ2n) is 3.36. The SMILES string of the molecule is NC1(C(=O)O)C=Cc2ccc(Cl)cc2N1. The number of carbonyl (C=O) groups is 1. The maximum Gasteiger partial charge on any atom is 0.348 e. The van der Waals surface area contributed by atoms with Gasteiger partial charge in [-0.1, -0.05) is 23.7 Å². The summed E-state index contributed by atoms with van der Waals surface area (Å²) in [5.41, 5.74) is 5.55. The molecule has 0 bridgehead atoms. The molecule has 4 nitrogen and oxygen atoms in total. The number of halogens is 1. The van der Waals surface area contributed by atoms with Gasteiger partial charge in [0, 0.05) is 10.7 Å². The predicted octanol–water partition coefficient (Wildman–Crippen LogP) is 1.52. The van der Waals surface area contributed by atoms with E-state index in [0.29, 0.717) is 10.7 Å². The Hall–Kier alpha value is -1.52. The molecule has 0 saturated carbocycles. The van der Waals surface area contributed by atoms with Gasteiger partial charge in [0.15, 0.2) is 0 Å². The smallest absolute Gasteiger partial charge is 0.348 e. The molecule has 1 aromatic rings. The Labute approximate surface area is 91.3 Å². The molecule has 0 fully saturated rings. The van der Waals surface area contributed by atoms with Gasteiger partial charge in [0.2, 0.25) is 5.66 Å². The van der Waals surface area contributed by atoms with Crippen LogP contribution in [0.25, 0.3) is 6.08 Å². The number of anilines is 1. The molecule has 4 N–H and O–H groups in total. The van der Waals surface area contributed by atoms with Crippen LogP contribution >= 0.6 is 11.6 Å². The van der Waals surface area contributed by atoms with Crippen molar-refractivity contribution in [1.29, 1.82) is 0 Å². The first kappa shape index (κ1) is 10.0. The van der Waals surface area contributed by atoms with Crippen molar-refractivity contribution in [1.82, 2.24) is 0 Å². The lowest BCUT2D eigenvalue weighted by Gasteiger charge is -2.28. The third kappa shape index (κ3) is 1.69. The molecule has 0 aromatic heterocycles. The summed E-state index contributed by atoms with van der Waals surface area (Å²) in [6, 6.07) is 5.17. The quantitative estimate of drug-likeness (QED) is 0.676. The first-order valence-corrected chi connectivity index (χ1v) is 4.68. The Bertz CT molecular complexity index is 459. The minimum atomic E-state index is -1.56. The highest BCUT2D eigenvalue weighted by atomic mass is 35.5. The molecule has 1 atom stereocenters. The number of benzene rings is 1. The Kier molecular flexibility index (Phi) is 2.17. The Morgan fingerprint density at radius 1 is 1.53 bits per heavy atom. The van der Waals surface area contributed by atoms with Crippen molar-refractivity contribution in [3.05, 3.63) is 34.9 Å². The molecule has 2 rings (SSSR count). The Balaban J connectivity index is 2.45. The molecule has 1 aliphatic rings. The maximum absolute atomic E-state index is 10.9. The van der Waals surface area contributed by atoms with Crippen LogP contribution in [-0.4, -0.2) is 16.7 Å². The summed E-state index contributed by atoms with van der Waals surface area (Å²) in [6.45, 7) is 0. The lowest BCUT2D eigenvalue weighted by Crippen LogP contribution is -2.54. The van der Waals surface area contributed by atoms with Crippen LogP contribution in [-0.2, 0) is 4.79 Å². The summed E-state index contributed by atoms with van der Waals surface area (Å²) in [5.74, 6) is -1.13. The van der Waals surface area contributed by atoms with Crippen molar-refractivity contribution in [3.63, 3.8) is 0 Å². The van der Waals surface area contributed by atoms with E-state index >= 15 is 0 Å². The van der Waals surface area contributed by atoms with Gasteiger partial charge in [-0.2, -0.15) is 0 Å². The second-order valence-corrected chi connectivity index (χ2v) is 3.80. The van der Waals surface area contributed by atoms with Crippen LogP contribution in [0.3, 0.4) is 0 Å². The third-order valence-electron chi connectivity index (χ3n) is 2.24. The lowest BCUT2D eigenvalue weighted by molar-refractivity contribution is -0.140. The Morgan fingerprint density at radius 2 is 2.27 bits per heavy atom. The highest BCUT2D eigenvalue weighted by molar-refractivity contribution is 6.31. The molecule has 5 heteroatoms. The number of aliphatic carboxylic acids is 1. The van der Waals surface area contributed by atoms with Crippen molar-refractivity contribution >= 4 is 29.3 Å². The fourth-order valence-electron chi connectivity index (χ4n) is 1.39. The van der Waals surface area contributed by atoms with E-state index in [1.165, 1.54) is 6.08 Å². The molecule has 1 unspecified atom stereocenters. The van der Waals surface area contributed by atoms with E-state index in [1.54, 1.807) is 24.3 Å². The average Bonchev–Trinajstić information content (AvgIpc) is 2.16. The number of rotatable bonds is 1. The fourth-order valence-corrected chi connectivity index (χ4v) is 1.56. The Morgan fingerprint density at radius 3 is 2.93 bits per heavy atom. The van der Waals surface area contributed by atoms with E-state index in [4.69, 9.17) is 22.4 Å². The number of hydrogen-bond donors (Lipinski definition) is 3. The van der Waals surface area contributed by atoms with Gasteiger partial charge < -0.3 is 10.4 Å². The number of carboxylic acids is 1. The molecule has 0 saturated heterocycles. The fraction of sp³-hybridized carbons (Fsp3) is 0.100. The van der Waals surface area contributed by atoms with Gasteiger partial charge in [-0.3, -0.25) is 5.73 Å². The largest absolute Gasteiger partial charge is 0.478 e. The first-order chi connectivity index (χ1) is 7.01. The summed E-state index contributed by atoms with van der Waals surface area (Å²) in [5, 5.41) is 12.2. The van der Waals surface area contributed by atoms with Crippen molar-refractivity contribution in [2.24, 2.45) is 5.73 Å². The summed E-state index contributed by atoms with van der Waals surface area (Å²) >= 11 is 5.80. The summed E-state index contributed by atoms with van der Waals surface area (Å²) < 4.78 is 0. The number of carboxylic acid groups (broad SMARTS) is 1. The van der Waals surface area contributed by atoms with Gasteiger partial charge in [0.1, 0.15) is 0 Å². The lowest BCUT2D eigenvalue weighted by atomic mass is 10.0. The summed E-state index contributed by atoms with van der Waals surface area (Å²) in [7, 11) is 0. The van der Waals surface area contributed by atoms with Crippen LogP contribution in [0.4, 0.5) is 5.69 Å². The predicted molar refractivity (Wildman–Crippen MR) is 58.7 cm³/mol. The summed E-state index contributed by atoms with van der Waals surface area (Å²) in [6.07, 6.45) is 3.07. The molecule has 0 aliphatic carbocycles. The second kappa shape index (κ2) is 3.25. The maximum atomic E-state index is 10.9. The molecular formula is C10H9ClN2O2. The molecule has 1 heterocycles. The molecule has 0 spiro atoms. The van der Waals surface area contributed by atoms with E-state index in [9.17, 15) is 4.79 Å². The summed E-state index contributed by atoms with van der Waals surface area (Å²) in [4.78, 5) is 10.9. The van der Waals surface area contributed by atoms with E-state index in [0.717, 1.165) is 5.56 Å². The van der Waals surface area contributed by atoms with E-state index in [-0.39, 0.29) is 0 Å². The third-order valence-corrected chi connectivity index (χ3v) is 2.47. The number of fused-ring (bicyclic) bond motifs is 1. The molecule has 0 radical (unpaired) electrons. The first-order valence-electron chi connectivity index (χ1n) is 4.30. The zero-order chi connectivity index (χ0) is 11.1. The van der Waals surface area contributed by atoms with Gasteiger partial charge >= 0.3 is 5.97 Å². The molecule has 15 heavy (non-hydrogen) atoms. The van der Waals surface area contributed by atoms with Crippen LogP contribution in [0.5, 0.6) is 0 Å². The van der Waals surface area contributed by atoms with Crippen LogP contribution in [0.2, 0.25) is 5.02 Å². The highest BCUT2D eigenvalue weighted by Crippen LogP contribution is 2.28. The monoisotopic (exact) mass is 224 g/mol. The van der Waals surface area contributed by atoms with Crippen molar-refractivity contribution < 1.29 is 9.90 Å². The minimum absolute atomic E-state index is 0.532. The van der Waals surface area contributed by atoms with Crippen molar-refractivity contribution in [3.8, 4) is 0 Å². The zero-order valence-corrected chi connectivity index (χ0v) is 8.45. The normalized spacial score (nSPS) is 23.1. The van der Waals surface area contributed by atoms with Gasteiger partial charge in [-0.25, -0.2) is 4.79 Å². The van der Waals surface area contributed by atoms with Crippen molar-refractivity contribution in [2.75, 3.05) is 5.32 Å². The van der Waals surface area contributed by atoms with E-state index in [2.05, 4.69) is 5.32 Å². The minimum Gasteiger partial charge on any atom is -0.478 e. The van der Waals surface area contributed by atoms with E-state index < -0.39 is 11.6 Å². The van der Waals surface area contributed by atoms with Crippen LogP contribution in [0.1, 0.15) is 5.56 Å². The molecule has 1 aliphatic heterocycles. The van der Waals surface area contributed by atoms with Gasteiger partial charge in [-0.05, 0) is 23.8 Å². The zero-order valence-electron chi connectivity index (χ0n) is 7.70. The number of nitrogens with one attached hydrogen (secondary N) is 1. The van der Waals surface area contributed by atoms with Crippen molar-refractivity contribution in [2.45, 2.75) is 5.66 Å². The van der Waals surface area contributed by atoms with Gasteiger partial charge in [-0.15, -0.1) is 0 Å². The molecular weight excluding hydrogens is 216 g/mol. The molecule has 0 amide bonds. The number of nitrogens with two attached hydrogens (primary N) is 1. The van der Waals surface area contributed by atoms with Gasteiger partial charge in [0.25, 0.3) is 0 Å². The van der Waals surface area contributed by atoms with E-state index in [1.807, 2.05) is 0 Å². The van der Waals surface area contributed by atoms with Crippen LogP contribution in [0, 0.1) is 0 Å². The van der Waals surface area contributed by atoms with Crippen LogP contribution in [0.15, 0.2) is 24.3 Å². The van der Waals surface area contributed by atoms with Crippen LogP contribution < -0.4 is 11.1 Å². The molecule has 1 aromatic carbocycles. The molecule has 78 valence electrons. The number of hydrogen-bond acceptors (Lipinski definition) is 3. The highest BCUT2D eigenvalue weighted by Gasteiger charge is 2.33. The average molecular weight is 225 g/mol. The van der Waals surface area contributed by atoms with Gasteiger partial charge in [0.05, 0.1) is 0 Å². The standard InChI is InChI=1S/C10H9ClN2O2/c11-7-2-1-6-3-4-10(12,9(14)15)13-8(6)5-7/h1-5,13H,12H2,(H,14,15).